The Balaban J connectivity index is 2.14. The van der Waals surface area contributed by atoms with Crippen LogP contribution >= 0.6 is 0 Å². The third-order valence-corrected chi connectivity index (χ3v) is 2.47. The third kappa shape index (κ3) is 2.29. The molecule has 3 nitrogen and oxygen atoms in total. The van der Waals surface area contributed by atoms with Gasteiger partial charge in [0.2, 0.25) is 0 Å². The van der Waals surface area contributed by atoms with Gasteiger partial charge in [0.15, 0.2) is 12.0 Å². The maximum Gasteiger partial charge on any atom is 0.181 e. The zero-order valence-corrected chi connectivity index (χ0v) is 9.16. The molecular formula is C12H16N2O. The molecule has 2 rings (SSSR count). The number of hydrogen-bond donors (Lipinski definition) is 1. The Morgan fingerprint density at radius 3 is 3.13 bits per heavy atom. The van der Waals surface area contributed by atoms with E-state index in [2.05, 4.69) is 24.1 Å². The van der Waals surface area contributed by atoms with Crippen molar-refractivity contribution in [3.8, 4) is 0 Å². The van der Waals surface area contributed by atoms with Crippen LogP contribution in [0.25, 0.3) is 11.1 Å². The van der Waals surface area contributed by atoms with Gasteiger partial charge in [0.05, 0.1) is 0 Å². The molecule has 1 aromatic heterocycles. The van der Waals surface area contributed by atoms with Crippen LogP contribution in [0.1, 0.15) is 26.7 Å². The molecule has 1 N–H and O–H groups in total. The summed E-state index contributed by atoms with van der Waals surface area (Å²) in [5.74, 6) is 0. The van der Waals surface area contributed by atoms with Crippen molar-refractivity contribution >= 4 is 16.8 Å². The molecule has 0 saturated carbocycles. The molecule has 0 spiro atoms. The number of oxazole rings is 1. The number of anilines is 1. The fraction of sp³-hybridized carbons (Fsp3) is 0.417. The van der Waals surface area contributed by atoms with Gasteiger partial charge < -0.3 is 9.73 Å². The lowest BCUT2D eigenvalue weighted by Gasteiger charge is -2.13. The highest BCUT2D eigenvalue weighted by atomic mass is 16.3. The molecular weight excluding hydrogens is 188 g/mol. The SMILES string of the molecule is CCCC(C)Nc1ccc2ncoc2c1. The number of fused-ring (bicyclic) bond motifs is 1. The van der Waals surface area contributed by atoms with E-state index in [1.807, 2.05) is 18.2 Å². The number of aromatic nitrogens is 1. The van der Waals surface area contributed by atoms with E-state index in [-0.39, 0.29) is 0 Å². The topological polar surface area (TPSA) is 38.1 Å². The van der Waals surface area contributed by atoms with Crippen molar-refractivity contribution in [2.45, 2.75) is 32.7 Å². The monoisotopic (exact) mass is 204 g/mol. The van der Waals surface area contributed by atoms with E-state index in [0.29, 0.717) is 6.04 Å². The van der Waals surface area contributed by atoms with Gasteiger partial charge >= 0.3 is 0 Å². The summed E-state index contributed by atoms with van der Waals surface area (Å²) in [6, 6.07) is 6.50. The first kappa shape index (κ1) is 10.0. The smallest absolute Gasteiger partial charge is 0.181 e. The van der Waals surface area contributed by atoms with Crippen molar-refractivity contribution in [2.24, 2.45) is 0 Å². The molecule has 0 fully saturated rings. The second-order valence-corrected chi connectivity index (χ2v) is 3.87. The molecule has 2 aromatic rings. The highest BCUT2D eigenvalue weighted by Crippen LogP contribution is 2.18. The van der Waals surface area contributed by atoms with Crippen LogP contribution < -0.4 is 5.32 Å². The summed E-state index contributed by atoms with van der Waals surface area (Å²) in [6.07, 6.45) is 3.84. The number of hydrogen-bond acceptors (Lipinski definition) is 3. The minimum absolute atomic E-state index is 0.496. The second kappa shape index (κ2) is 4.34. The van der Waals surface area contributed by atoms with E-state index in [0.717, 1.165) is 16.8 Å². The average Bonchev–Trinajstić information content (AvgIpc) is 2.65. The molecule has 1 heterocycles. The Morgan fingerprint density at radius 2 is 2.33 bits per heavy atom. The Labute approximate surface area is 89.5 Å². The molecule has 0 aliphatic carbocycles. The molecule has 3 heteroatoms. The average molecular weight is 204 g/mol. The number of nitrogens with zero attached hydrogens (tertiary/aromatic N) is 1. The summed E-state index contributed by atoms with van der Waals surface area (Å²) >= 11 is 0. The van der Waals surface area contributed by atoms with Crippen LogP contribution in [0.15, 0.2) is 29.0 Å². The standard InChI is InChI=1S/C12H16N2O/c1-3-4-9(2)14-10-5-6-11-12(7-10)15-8-13-11/h5-9,14H,3-4H2,1-2H3. The van der Waals surface area contributed by atoms with Gasteiger partial charge in [-0.3, -0.25) is 0 Å². The van der Waals surface area contributed by atoms with Gasteiger partial charge in [-0.05, 0) is 25.5 Å². The number of benzene rings is 1. The first-order chi connectivity index (χ1) is 7.29. The molecule has 0 saturated heterocycles. The molecule has 15 heavy (non-hydrogen) atoms. The van der Waals surface area contributed by atoms with Crippen molar-refractivity contribution < 1.29 is 4.42 Å². The molecule has 80 valence electrons. The van der Waals surface area contributed by atoms with Gasteiger partial charge in [-0.2, -0.15) is 0 Å². The summed E-state index contributed by atoms with van der Waals surface area (Å²) in [7, 11) is 0. The quantitative estimate of drug-likeness (QED) is 0.829. The van der Waals surface area contributed by atoms with E-state index in [1.54, 1.807) is 0 Å². The Bertz CT molecular complexity index is 436. The van der Waals surface area contributed by atoms with E-state index < -0.39 is 0 Å². The summed E-state index contributed by atoms with van der Waals surface area (Å²) in [5, 5.41) is 3.44. The summed E-state index contributed by atoms with van der Waals surface area (Å²) < 4.78 is 5.25. The van der Waals surface area contributed by atoms with Gasteiger partial charge in [-0.1, -0.05) is 13.3 Å². The van der Waals surface area contributed by atoms with Crippen molar-refractivity contribution in [3.63, 3.8) is 0 Å². The molecule has 0 radical (unpaired) electrons. The second-order valence-electron chi connectivity index (χ2n) is 3.87. The molecule has 1 aromatic carbocycles. The molecule has 0 amide bonds. The van der Waals surface area contributed by atoms with Crippen LogP contribution in [-0.4, -0.2) is 11.0 Å². The largest absolute Gasteiger partial charge is 0.443 e. The zero-order chi connectivity index (χ0) is 10.7. The predicted molar refractivity (Wildman–Crippen MR) is 62.0 cm³/mol. The van der Waals surface area contributed by atoms with Crippen LogP contribution in [0.3, 0.4) is 0 Å². The predicted octanol–water partition coefficient (Wildman–Crippen LogP) is 3.43. The van der Waals surface area contributed by atoms with E-state index in [9.17, 15) is 0 Å². The van der Waals surface area contributed by atoms with Gasteiger partial charge in [0.25, 0.3) is 0 Å². The van der Waals surface area contributed by atoms with E-state index in [1.165, 1.54) is 19.2 Å². The molecule has 1 unspecified atom stereocenters. The van der Waals surface area contributed by atoms with Gasteiger partial charge in [0.1, 0.15) is 5.52 Å². The van der Waals surface area contributed by atoms with Crippen molar-refractivity contribution in [1.29, 1.82) is 0 Å². The summed E-state index contributed by atoms with van der Waals surface area (Å²) in [6.45, 7) is 4.38. The third-order valence-electron chi connectivity index (χ3n) is 2.47. The van der Waals surface area contributed by atoms with Gasteiger partial charge in [-0.15, -0.1) is 0 Å². The van der Waals surface area contributed by atoms with E-state index >= 15 is 0 Å². The summed E-state index contributed by atoms with van der Waals surface area (Å²) in [5.41, 5.74) is 2.84. The van der Waals surface area contributed by atoms with Crippen molar-refractivity contribution in [1.82, 2.24) is 4.98 Å². The lowest BCUT2D eigenvalue weighted by molar-refractivity contribution is 0.602. The first-order valence-corrected chi connectivity index (χ1v) is 5.39. The first-order valence-electron chi connectivity index (χ1n) is 5.39. The van der Waals surface area contributed by atoms with Crippen LogP contribution in [0.5, 0.6) is 0 Å². The van der Waals surface area contributed by atoms with E-state index in [4.69, 9.17) is 4.42 Å². The van der Waals surface area contributed by atoms with Crippen molar-refractivity contribution in [2.75, 3.05) is 5.32 Å². The number of rotatable bonds is 4. The van der Waals surface area contributed by atoms with Crippen LogP contribution in [0, 0.1) is 0 Å². The molecule has 0 aliphatic rings. The lowest BCUT2D eigenvalue weighted by Crippen LogP contribution is -2.14. The maximum atomic E-state index is 5.25. The molecule has 1 atom stereocenters. The minimum atomic E-state index is 0.496. The Kier molecular flexibility index (Phi) is 2.90. The number of nitrogens with one attached hydrogen (secondary N) is 1. The lowest BCUT2D eigenvalue weighted by atomic mass is 10.2. The van der Waals surface area contributed by atoms with Crippen LogP contribution in [0.2, 0.25) is 0 Å². The normalized spacial score (nSPS) is 12.9. The Hall–Kier alpha value is -1.51. The Morgan fingerprint density at radius 1 is 1.47 bits per heavy atom. The molecule has 0 bridgehead atoms. The fourth-order valence-electron chi connectivity index (χ4n) is 1.73. The fourth-order valence-corrected chi connectivity index (χ4v) is 1.73. The van der Waals surface area contributed by atoms with Gasteiger partial charge in [-0.25, -0.2) is 4.98 Å². The maximum absolute atomic E-state index is 5.25. The van der Waals surface area contributed by atoms with Crippen molar-refractivity contribution in [3.05, 3.63) is 24.6 Å². The summed E-state index contributed by atoms with van der Waals surface area (Å²) in [4.78, 5) is 4.08. The highest BCUT2D eigenvalue weighted by molar-refractivity contribution is 5.76. The zero-order valence-electron chi connectivity index (χ0n) is 9.16. The highest BCUT2D eigenvalue weighted by Gasteiger charge is 2.03. The van der Waals surface area contributed by atoms with Gasteiger partial charge in [0, 0.05) is 17.8 Å². The van der Waals surface area contributed by atoms with Crippen LogP contribution in [0.4, 0.5) is 5.69 Å². The minimum Gasteiger partial charge on any atom is -0.443 e. The van der Waals surface area contributed by atoms with Crippen LogP contribution in [-0.2, 0) is 0 Å². The molecule has 0 aliphatic heterocycles.